The molecule has 1 rings (SSSR count). The molecule has 16 heavy (non-hydrogen) atoms. The number of aliphatic hydroxyl groups excluding tert-OH is 1. The van der Waals surface area contributed by atoms with Gasteiger partial charge in [-0.15, -0.1) is 11.8 Å². The summed E-state index contributed by atoms with van der Waals surface area (Å²) in [6, 6.07) is 1.86. The summed E-state index contributed by atoms with van der Waals surface area (Å²) in [6.07, 6.45) is 2.44. The van der Waals surface area contributed by atoms with E-state index in [1.165, 1.54) is 0 Å². The molecule has 0 aliphatic rings. The fourth-order valence-corrected chi connectivity index (χ4v) is 1.88. The Morgan fingerprint density at radius 3 is 2.88 bits per heavy atom. The minimum Gasteiger partial charge on any atom is -0.392 e. The molecule has 0 bridgehead atoms. The predicted molar refractivity (Wildman–Crippen MR) is 67.8 cm³/mol. The fraction of sp³-hybridized carbons (Fsp3) is 0.636. The average Bonchev–Trinajstić information content (AvgIpc) is 2.26. The highest BCUT2D eigenvalue weighted by Crippen LogP contribution is 2.23. The normalized spacial score (nSPS) is 14.5. The van der Waals surface area contributed by atoms with Crippen LogP contribution in [0.3, 0.4) is 0 Å². The summed E-state index contributed by atoms with van der Waals surface area (Å²) in [7, 11) is 0. The van der Waals surface area contributed by atoms with Crippen molar-refractivity contribution in [3.05, 3.63) is 12.3 Å². The Morgan fingerprint density at radius 1 is 1.50 bits per heavy atom. The molecule has 0 spiro atoms. The molecular weight excluding hydrogens is 222 g/mol. The van der Waals surface area contributed by atoms with E-state index >= 15 is 0 Å². The second-order valence-corrected chi connectivity index (χ2v) is 5.11. The van der Waals surface area contributed by atoms with Crippen molar-refractivity contribution in [1.82, 2.24) is 9.97 Å². The van der Waals surface area contributed by atoms with E-state index in [1.54, 1.807) is 24.9 Å². The quantitative estimate of drug-likeness (QED) is 0.590. The third kappa shape index (κ3) is 4.37. The first-order valence-electron chi connectivity index (χ1n) is 5.55. The van der Waals surface area contributed by atoms with Crippen molar-refractivity contribution in [3.8, 4) is 0 Å². The van der Waals surface area contributed by atoms with Crippen LogP contribution < -0.4 is 5.32 Å². The molecule has 2 N–H and O–H groups in total. The van der Waals surface area contributed by atoms with E-state index in [0.29, 0.717) is 5.95 Å². The van der Waals surface area contributed by atoms with Crippen molar-refractivity contribution in [2.24, 2.45) is 0 Å². The van der Waals surface area contributed by atoms with Crippen molar-refractivity contribution in [1.29, 1.82) is 0 Å². The molecule has 2 unspecified atom stereocenters. The van der Waals surface area contributed by atoms with Gasteiger partial charge in [0, 0.05) is 18.0 Å². The second-order valence-electron chi connectivity index (χ2n) is 3.71. The Kier molecular flexibility index (Phi) is 5.55. The molecule has 1 aromatic heterocycles. The van der Waals surface area contributed by atoms with Crippen LogP contribution in [0.5, 0.6) is 0 Å². The summed E-state index contributed by atoms with van der Waals surface area (Å²) in [5, 5.41) is 13.6. The number of aliphatic hydroxyl groups is 1. The third-order valence-corrected chi connectivity index (χ3v) is 3.38. The highest BCUT2D eigenvalue weighted by molar-refractivity contribution is 7.99. The number of hydrogen-bond acceptors (Lipinski definition) is 5. The standard InChI is InChI=1S/C11H19N3OS/c1-4-6-12-11-13-7-5-10(14-11)16-9(3)8(2)15/h5,7-9,15H,4,6H2,1-3H3,(H,12,13,14). The van der Waals surface area contributed by atoms with Gasteiger partial charge in [-0.05, 0) is 19.4 Å². The van der Waals surface area contributed by atoms with Crippen LogP contribution >= 0.6 is 11.8 Å². The minimum absolute atomic E-state index is 0.133. The lowest BCUT2D eigenvalue weighted by molar-refractivity contribution is 0.196. The molecule has 5 heteroatoms. The van der Waals surface area contributed by atoms with Gasteiger partial charge in [0.15, 0.2) is 0 Å². The Morgan fingerprint density at radius 2 is 2.25 bits per heavy atom. The molecule has 0 saturated carbocycles. The molecule has 90 valence electrons. The van der Waals surface area contributed by atoms with E-state index in [1.807, 2.05) is 13.0 Å². The highest BCUT2D eigenvalue weighted by Gasteiger charge is 2.11. The number of nitrogens with zero attached hydrogens (tertiary/aromatic N) is 2. The van der Waals surface area contributed by atoms with Gasteiger partial charge in [-0.3, -0.25) is 0 Å². The van der Waals surface area contributed by atoms with Gasteiger partial charge < -0.3 is 10.4 Å². The Balaban J connectivity index is 2.59. The van der Waals surface area contributed by atoms with E-state index in [4.69, 9.17) is 0 Å². The maximum Gasteiger partial charge on any atom is 0.223 e. The summed E-state index contributed by atoms with van der Waals surface area (Å²) in [4.78, 5) is 8.49. The zero-order valence-corrected chi connectivity index (χ0v) is 10.8. The third-order valence-electron chi connectivity index (χ3n) is 2.15. The molecule has 0 aliphatic heterocycles. The van der Waals surface area contributed by atoms with Gasteiger partial charge in [0.05, 0.1) is 6.10 Å². The molecule has 1 aromatic rings. The van der Waals surface area contributed by atoms with Gasteiger partial charge in [-0.2, -0.15) is 0 Å². The Hall–Kier alpha value is -0.810. The zero-order valence-electron chi connectivity index (χ0n) is 9.97. The monoisotopic (exact) mass is 241 g/mol. The van der Waals surface area contributed by atoms with Crippen molar-refractivity contribution < 1.29 is 5.11 Å². The van der Waals surface area contributed by atoms with E-state index in [-0.39, 0.29) is 11.4 Å². The lowest BCUT2D eigenvalue weighted by Crippen LogP contribution is -2.15. The van der Waals surface area contributed by atoms with Gasteiger partial charge in [0.1, 0.15) is 5.03 Å². The Bertz CT molecular complexity index is 320. The summed E-state index contributed by atoms with van der Waals surface area (Å²) >= 11 is 1.56. The van der Waals surface area contributed by atoms with Crippen LogP contribution in [-0.4, -0.2) is 33.0 Å². The van der Waals surface area contributed by atoms with Crippen LogP contribution in [0.15, 0.2) is 17.3 Å². The summed E-state index contributed by atoms with van der Waals surface area (Å²) in [5.74, 6) is 0.657. The largest absolute Gasteiger partial charge is 0.392 e. The first-order chi connectivity index (χ1) is 7.63. The van der Waals surface area contributed by atoms with Gasteiger partial charge in [-0.25, -0.2) is 9.97 Å². The first kappa shape index (κ1) is 13.3. The lowest BCUT2D eigenvalue weighted by atomic mass is 10.3. The molecule has 0 amide bonds. The fourth-order valence-electron chi connectivity index (χ4n) is 1.02. The van der Waals surface area contributed by atoms with Gasteiger partial charge in [0.2, 0.25) is 5.95 Å². The highest BCUT2D eigenvalue weighted by atomic mass is 32.2. The smallest absolute Gasteiger partial charge is 0.223 e. The number of hydrogen-bond donors (Lipinski definition) is 2. The second kappa shape index (κ2) is 6.70. The van der Waals surface area contributed by atoms with Crippen LogP contribution in [0.4, 0.5) is 5.95 Å². The molecule has 1 heterocycles. The number of thioether (sulfide) groups is 1. The molecule has 0 aromatic carbocycles. The molecule has 0 aliphatic carbocycles. The predicted octanol–water partition coefficient (Wildman–Crippen LogP) is 2.16. The van der Waals surface area contributed by atoms with E-state index in [2.05, 4.69) is 22.2 Å². The molecule has 0 saturated heterocycles. The van der Waals surface area contributed by atoms with E-state index < -0.39 is 0 Å². The van der Waals surface area contributed by atoms with Crippen LogP contribution in [0.2, 0.25) is 0 Å². The maximum atomic E-state index is 9.41. The molecule has 2 atom stereocenters. The van der Waals surface area contributed by atoms with Crippen LogP contribution in [0.1, 0.15) is 27.2 Å². The zero-order chi connectivity index (χ0) is 12.0. The minimum atomic E-state index is -0.341. The average molecular weight is 241 g/mol. The van der Waals surface area contributed by atoms with Gasteiger partial charge in [-0.1, -0.05) is 13.8 Å². The van der Waals surface area contributed by atoms with Crippen molar-refractivity contribution in [3.63, 3.8) is 0 Å². The molecule has 0 radical (unpaired) electrons. The Labute approximate surface area is 101 Å². The molecule has 4 nitrogen and oxygen atoms in total. The van der Waals surface area contributed by atoms with Gasteiger partial charge >= 0.3 is 0 Å². The van der Waals surface area contributed by atoms with Crippen LogP contribution in [0, 0.1) is 0 Å². The van der Waals surface area contributed by atoms with Crippen LogP contribution in [-0.2, 0) is 0 Å². The first-order valence-corrected chi connectivity index (χ1v) is 6.43. The number of aromatic nitrogens is 2. The summed E-state index contributed by atoms with van der Waals surface area (Å²) in [5.41, 5.74) is 0. The molecule has 0 fully saturated rings. The SMILES string of the molecule is CCCNc1nccc(SC(C)C(C)O)n1. The van der Waals surface area contributed by atoms with Crippen molar-refractivity contribution >= 4 is 17.7 Å². The topological polar surface area (TPSA) is 58.0 Å². The van der Waals surface area contributed by atoms with Crippen LogP contribution in [0.25, 0.3) is 0 Å². The van der Waals surface area contributed by atoms with Crippen molar-refractivity contribution in [2.75, 3.05) is 11.9 Å². The number of nitrogens with one attached hydrogen (secondary N) is 1. The number of anilines is 1. The summed E-state index contributed by atoms with van der Waals surface area (Å²) in [6.45, 7) is 6.74. The van der Waals surface area contributed by atoms with E-state index in [9.17, 15) is 5.11 Å². The lowest BCUT2D eigenvalue weighted by Gasteiger charge is -2.13. The van der Waals surface area contributed by atoms with Crippen molar-refractivity contribution in [2.45, 2.75) is 43.6 Å². The molecular formula is C11H19N3OS. The van der Waals surface area contributed by atoms with E-state index in [0.717, 1.165) is 18.0 Å². The maximum absolute atomic E-state index is 9.41. The summed E-state index contributed by atoms with van der Waals surface area (Å²) < 4.78 is 0. The van der Waals surface area contributed by atoms with Gasteiger partial charge in [0.25, 0.3) is 0 Å². The number of rotatable bonds is 6.